The van der Waals surface area contributed by atoms with Crippen molar-refractivity contribution in [1.82, 2.24) is 0 Å². The number of esters is 1. The van der Waals surface area contributed by atoms with Gasteiger partial charge in [-0.25, -0.2) is 0 Å². The van der Waals surface area contributed by atoms with Gasteiger partial charge in [0.2, 0.25) is 0 Å². The predicted molar refractivity (Wildman–Crippen MR) is 85.9 cm³/mol. The molecule has 4 aliphatic rings. The minimum atomic E-state index is -0.282. The Kier molecular flexibility index (Phi) is 3.17. The number of benzene rings is 1. The number of ether oxygens (including phenoxy) is 1. The molecule has 0 aromatic heterocycles. The molecule has 0 N–H and O–H groups in total. The summed E-state index contributed by atoms with van der Waals surface area (Å²) >= 11 is 9.90. The van der Waals surface area contributed by atoms with Crippen LogP contribution in [0.1, 0.15) is 38.5 Å². The molecule has 21 heavy (non-hydrogen) atoms. The second-order valence-electron chi connectivity index (χ2n) is 7.24. The molecule has 4 atom stereocenters. The molecule has 4 saturated carbocycles. The number of hydrogen-bond donors (Lipinski definition) is 0. The lowest BCUT2D eigenvalue weighted by molar-refractivity contribution is -0.159. The summed E-state index contributed by atoms with van der Waals surface area (Å²) in [6.45, 7) is 0. The molecule has 112 valence electrons. The Morgan fingerprint density at radius 3 is 2.57 bits per heavy atom. The van der Waals surface area contributed by atoms with Gasteiger partial charge in [-0.15, -0.1) is 0 Å². The van der Waals surface area contributed by atoms with Crippen molar-refractivity contribution in [2.45, 2.75) is 42.8 Å². The Morgan fingerprint density at radius 2 is 1.95 bits per heavy atom. The van der Waals surface area contributed by atoms with Crippen molar-refractivity contribution in [3.63, 3.8) is 0 Å². The largest absolute Gasteiger partial charge is 0.426 e. The third kappa shape index (κ3) is 2.43. The Morgan fingerprint density at radius 1 is 1.24 bits per heavy atom. The second-order valence-corrected chi connectivity index (χ2v) is 9.36. The Bertz CT molecular complexity index is 586. The lowest BCUT2D eigenvalue weighted by Crippen LogP contribution is -2.56. The van der Waals surface area contributed by atoms with Gasteiger partial charge in [0, 0.05) is 9.35 Å². The summed E-state index contributed by atoms with van der Waals surface area (Å²) in [6.07, 6.45) is 6.64. The maximum Gasteiger partial charge on any atom is 0.317 e. The van der Waals surface area contributed by atoms with Gasteiger partial charge >= 0.3 is 5.97 Å². The average Bonchev–Trinajstić information content (AvgIpc) is 2.35. The molecular formula is C17H18BrClO2. The molecule has 1 aromatic carbocycles. The fourth-order valence-electron chi connectivity index (χ4n) is 5.14. The number of carbonyl (C=O) groups excluding carboxylic acids is 1. The number of halogens is 2. The standard InChI is InChI=1S/C17H18BrClO2/c18-17-8-11-4-12(9-17)7-16(6-11,10-17)15(20)21-14-3-1-2-13(19)5-14/h1-3,5,11-12H,4,6-10H2/t11-,12+,16?,17?. The molecule has 0 saturated heterocycles. The second kappa shape index (κ2) is 4.73. The quantitative estimate of drug-likeness (QED) is 0.417. The fourth-order valence-corrected chi connectivity index (χ4v) is 6.77. The summed E-state index contributed by atoms with van der Waals surface area (Å²) in [5.74, 6) is 1.87. The van der Waals surface area contributed by atoms with E-state index in [1.807, 2.05) is 6.07 Å². The van der Waals surface area contributed by atoms with Crippen molar-refractivity contribution in [3.05, 3.63) is 29.3 Å². The van der Waals surface area contributed by atoms with Crippen LogP contribution in [0.15, 0.2) is 24.3 Å². The van der Waals surface area contributed by atoms with Crippen LogP contribution < -0.4 is 4.74 Å². The van der Waals surface area contributed by atoms with Crippen LogP contribution in [-0.4, -0.2) is 10.3 Å². The highest BCUT2D eigenvalue weighted by molar-refractivity contribution is 9.10. The summed E-state index contributed by atoms with van der Waals surface area (Å²) in [6, 6.07) is 7.12. The van der Waals surface area contributed by atoms with Crippen LogP contribution in [0.2, 0.25) is 5.02 Å². The van der Waals surface area contributed by atoms with Gasteiger partial charge in [0.1, 0.15) is 5.75 Å². The number of rotatable bonds is 2. The van der Waals surface area contributed by atoms with E-state index in [2.05, 4.69) is 15.9 Å². The molecule has 4 heteroatoms. The van der Waals surface area contributed by atoms with E-state index in [0.717, 1.165) is 19.3 Å². The van der Waals surface area contributed by atoms with Gasteiger partial charge in [0.15, 0.2) is 0 Å². The van der Waals surface area contributed by atoms with E-state index >= 15 is 0 Å². The predicted octanol–water partition coefficient (Wildman–Crippen LogP) is 4.98. The summed E-state index contributed by atoms with van der Waals surface area (Å²) in [7, 11) is 0. The van der Waals surface area contributed by atoms with Gasteiger partial charge in [0.05, 0.1) is 5.41 Å². The molecular weight excluding hydrogens is 352 g/mol. The fraction of sp³-hybridized carbons (Fsp3) is 0.588. The Hall–Kier alpha value is -0.540. The number of alkyl halides is 1. The van der Waals surface area contributed by atoms with Crippen molar-refractivity contribution >= 4 is 33.5 Å². The first-order chi connectivity index (χ1) is 9.96. The average molecular weight is 370 g/mol. The highest BCUT2D eigenvalue weighted by Gasteiger charge is 2.60. The van der Waals surface area contributed by atoms with E-state index in [1.54, 1.807) is 18.2 Å². The van der Waals surface area contributed by atoms with Crippen LogP contribution >= 0.6 is 27.5 Å². The molecule has 4 aliphatic carbocycles. The first kappa shape index (κ1) is 14.1. The molecule has 0 amide bonds. The highest BCUT2D eigenvalue weighted by atomic mass is 79.9. The monoisotopic (exact) mass is 368 g/mol. The first-order valence-electron chi connectivity index (χ1n) is 7.63. The van der Waals surface area contributed by atoms with Crippen LogP contribution in [0.3, 0.4) is 0 Å². The molecule has 4 bridgehead atoms. The zero-order valence-corrected chi connectivity index (χ0v) is 14.1. The van der Waals surface area contributed by atoms with Crippen LogP contribution in [0.25, 0.3) is 0 Å². The molecule has 2 nitrogen and oxygen atoms in total. The zero-order chi connectivity index (χ0) is 14.7. The van der Waals surface area contributed by atoms with Gasteiger partial charge in [-0.3, -0.25) is 4.79 Å². The summed E-state index contributed by atoms with van der Waals surface area (Å²) in [4.78, 5) is 12.8. The third-order valence-corrected chi connectivity index (χ3v) is 6.59. The molecule has 2 unspecified atom stereocenters. The van der Waals surface area contributed by atoms with Crippen LogP contribution in [-0.2, 0) is 4.79 Å². The smallest absolute Gasteiger partial charge is 0.317 e. The van der Waals surface area contributed by atoms with Crippen molar-refractivity contribution in [2.75, 3.05) is 0 Å². The summed E-state index contributed by atoms with van der Waals surface area (Å²) in [5, 5.41) is 0.600. The third-order valence-electron chi connectivity index (χ3n) is 5.43. The van der Waals surface area contributed by atoms with E-state index in [9.17, 15) is 4.79 Å². The van der Waals surface area contributed by atoms with Crippen molar-refractivity contribution in [3.8, 4) is 5.75 Å². The maximum atomic E-state index is 12.8. The van der Waals surface area contributed by atoms with E-state index in [1.165, 1.54) is 19.3 Å². The molecule has 0 spiro atoms. The van der Waals surface area contributed by atoms with Crippen LogP contribution in [0, 0.1) is 17.3 Å². The lowest BCUT2D eigenvalue weighted by atomic mass is 9.49. The first-order valence-corrected chi connectivity index (χ1v) is 8.80. The van der Waals surface area contributed by atoms with Crippen molar-refractivity contribution < 1.29 is 9.53 Å². The van der Waals surface area contributed by atoms with E-state index in [-0.39, 0.29) is 15.7 Å². The van der Waals surface area contributed by atoms with Crippen molar-refractivity contribution in [2.24, 2.45) is 17.3 Å². The van der Waals surface area contributed by atoms with E-state index in [4.69, 9.17) is 16.3 Å². The van der Waals surface area contributed by atoms with E-state index in [0.29, 0.717) is 22.6 Å². The van der Waals surface area contributed by atoms with Gasteiger partial charge in [-0.1, -0.05) is 33.6 Å². The van der Waals surface area contributed by atoms with Gasteiger partial charge in [0.25, 0.3) is 0 Å². The summed E-state index contributed by atoms with van der Waals surface area (Å²) < 4.78 is 5.85. The number of hydrogen-bond acceptors (Lipinski definition) is 2. The normalized spacial score (nSPS) is 40.3. The molecule has 4 fully saturated rings. The minimum Gasteiger partial charge on any atom is -0.426 e. The molecule has 5 rings (SSSR count). The number of carbonyl (C=O) groups is 1. The topological polar surface area (TPSA) is 26.3 Å². The minimum absolute atomic E-state index is 0.0531. The van der Waals surface area contributed by atoms with Crippen molar-refractivity contribution in [1.29, 1.82) is 0 Å². The molecule has 0 radical (unpaired) electrons. The van der Waals surface area contributed by atoms with Crippen LogP contribution in [0.4, 0.5) is 0 Å². The zero-order valence-electron chi connectivity index (χ0n) is 11.8. The Balaban J connectivity index is 1.59. The lowest BCUT2D eigenvalue weighted by Gasteiger charge is -2.58. The SMILES string of the molecule is O=C(Oc1cccc(Cl)c1)C12C[C@@H]3C[C@@H](CC(Br)(C3)C1)C2. The highest BCUT2D eigenvalue weighted by Crippen LogP contribution is 2.64. The molecule has 0 aliphatic heterocycles. The van der Waals surface area contributed by atoms with Gasteiger partial charge < -0.3 is 4.74 Å². The maximum absolute atomic E-state index is 12.8. The Labute approximate surface area is 138 Å². The van der Waals surface area contributed by atoms with E-state index < -0.39 is 0 Å². The van der Waals surface area contributed by atoms with Gasteiger partial charge in [-0.05, 0) is 68.6 Å². The molecule has 0 heterocycles. The molecule has 1 aromatic rings. The van der Waals surface area contributed by atoms with Crippen LogP contribution in [0.5, 0.6) is 5.75 Å². The summed E-state index contributed by atoms with van der Waals surface area (Å²) in [5.41, 5.74) is -0.282. The van der Waals surface area contributed by atoms with Gasteiger partial charge in [-0.2, -0.15) is 0 Å².